The second-order valence-electron chi connectivity index (χ2n) is 10.8. The lowest BCUT2D eigenvalue weighted by Crippen LogP contribution is -2.59. The van der Waals surface area contributed by atoms with Gasteiger partial charge < -0.3 is 14.9 Å². The van der Waals surface area contributed by atoms with E-state index in [4.69, 9.17) is 4.74 Å². The Kier molecular flexibility index (Phi) is 3.74. The van der Waals surface area contributed by atoms with Crippen molar-refractivity contribution in [3.63, 3.8) is 0 Å². The molecule has 2 aliphatic heterocycles. The van der Waals surface area contributed by atoms with E-state index in [2.05, 4.69) is 13.8 Å². The van der Waals surface area contributed by atoms with Gasteiger partial charge in [-0.15, -0.1) is 0 Å². The Morgan fingerprint density at radius 2 is 1.79 bits per heavy atom. The molecule has 2 heterocycles. The number of fused-ring (bicyclic) bond motifs is 8. The average molecular weight is 389 g/mol. The van der Waals surface area contributed by atoms with Gasteiger partial charge in [0.05, 0.1) is 23.5 Å². The van der Waals surface area contributed by atoms with Gasteiger partial charge in [0.1, 0.15) is 0 Å². The van der Waals surface area contributed by atoms with Crippen LogP contribution in [-0.2, 0) is 14.3 Å². The molecule has 2 bridgehead atoms. The van der Waals surface area contributed by atoms with Crippen molar-refractivity contribution >= 4 is 11.9 Å². The molecular weight excluding hydrogens is 356 g/mol. The third-order valence-electron chi connectivity index (χ3n) is 9.78. The summed E-state index contributed by atoms with van der Waals surface area (Å²) < 4.78 is 6.21. The summed E-state index contributed by atoms with van der Waals surface area (Å²) in [5, 5.41) is 19.8. The van der Waals surface area contributed by atoms with Gasteiger partial charge in [-0.25, -0.2) is 0 Å². The Morgan fingerprint density at radius 1 is 1.04 bits per heavy atom. The minimum atomic E-state index is -0.735. The minimum Gasteiger partial charge on any atom is -0.481 e. The van der Waals surface area contributed by atoms with Gasteiger partial charge in [-0.2, -0.15) is 0 Å². The number of aliphatic carboxylic acids is 2. The summed E-state index contributed by atoms with van der Waals surface area (Å²) in [6.45, 7) is 6.65. The molecule has 154 valence electrons. The summed E-state index contributed by atoms with van der Waals surface area (Å²) in [6.07, 6.45) is 7.13. The monoisotopic (exact) mass is 388 g/mol. The van der Waals surface area contributed by atoms with E-state index in [1.807, 2.05) is 6.92 Å². The van der Waals surface area contributed by atoms with Crippen LogP contribution in [0.1, 0.15) is 72.1 Å². The molecule has 0 aromatic heterocycles. The van der Waals surface area contributed by atoms with Crippen molar-refractivity contribution in [3.8, 4) is 0 Å². The maximum Gasteiger partial charge on any atom is 0.309 e. The van der Waals surface area contributed by atoms with Crippen molar-refractivity contribution in [3.05, 3.63) is 11.1 Å². The minimum absolute atomic E-state index is 0.0000425. The zero-order valence-electron chi connectivity index (χ0n) is 17.2. The Balaban J connectivity index is 1.56. The first-order valence-electron chi connectivity index (χ1n) is 11.0. The topological polar surface area (TPSA) is 83.8 Å². The average Bonchev–Trinajstić information content (AvgIpc) is 3.20. The standard InChI is InChI=1S/C23H32O5/c1-21-8-4-9-23(3,20(26)27)16(21)7-10-22(2)15(21)6-5-12-14-11-13(19(24)25)18(28-14)17(12)22/h13-16,18H,4-11H2,1-3H3,(H,24,25)(H,26,27). The van der Waals surface area contributed by atoms with Crippen LogP contribution >= 0.6 is 0 Å². The van der Waals surface area contributed by atoms with Gasteiger partial charge in [-0.3, -0.25) is 9.59 Å². The predicted molar refractivity (Wildman–Crippen MR) is 103 cm³/mol. The lowest BCUT2D eigenvalue weighted by atomic mass is 9.39. The number of carbonyl (C=O) groups is 2. The molecule has 1 saturated heterocycles. The first-order valence-corrected chi connectivity index (χ1v) is 11.0. The van der Waals surface area contributed by atoms with Gasteiger partial charge in [-0.1, -0.05) is 20.3 Å². The Morgan fingerprint density at radius 3 is 2.46 bits per heavy atom. The van der Waals surface area contributed by atoms with E-state index in [1.54, 1.807) is 0 Å². The molecule has 5 heteroatoms. The van der Waals surface area contributed by atoms with E-state index >= 15 is 0 Å². The molecule has 8 atom stereocenters. The quantitative estimate of drug-likeness (QED) is 0.691. The number of hydrogen-bond donors (Lipinski definition) is 2. The molecule has 28 heavy (non-hydrogen) atoms. The molecule has 3 fully saturated rings. The third-order valence-corrected chi connectivity index (χ3v) is 9.78. The summed E-state index contributed by atoms with van der Waals surface area (Å²) >= 11 is 0. The summed E-state index contributed by atoms with van der Waals surface area (Å²) in [4.78, 5) is 24.0. The van der Waals surface area contributed by atoms with Gasteiger partial charge in [0.15, 0.2) is 0 Å². The fourth-order valence-corrected chi connectivity index (χ4v) is 8.60. The van der Waals surface area contributed by atoms with Gasteiger partial charge in [0, 0.05) is 0 Å². The number of rotatable bonds is 2. The van der Waals surface area contributed by atoms with Crippen LogP contribution < -0.4 is 0 Å². The first kappa shape index (κ1) is 18.7. The van der Waals surface area contributed by atoms with E-state index < -0.39 is 23.3 Å². The van der Waals surface area contributed by atoms with Crippen LogP contribution in [0.5, 0.6) is 0 Å². The molecule has 0 radical (unpaired) electrons. The fourth-order valence-electron chi connectivity index (χ4n) is 8.60. The van der Waals surface area contributed by atoms with E-state index in [0.29, 0.717) is 12.3 Å². The second kappa shape index (κ2) is 5.62. The highest BCUT2D eigenvalue weighted by atomic mass is 16.5. The summed E-state index contributed by atoms with van der Waals surface area (Å²) in [5.74, 6) is -1.19. The Labute approximate surface area is 166 Å². The highest BCUT2D eigenvalue weighted by Crippen LogP contribution is 2.70. The lowest BCUT2D eigenvalue weighted by molar-refractivity contribution is -0.176. The molecule has 3 aliphatic carbocycles. The van der Waals surface area contributed by atoms with Crippen molar-refractivity contribution in [2.45, 2.75) is 84.3 Å². The highest BCUT2D eigenvalue weighted by molar-refractivity contribution is 5.75. The van der Waals surface area contributed by atoms with E-state index in [-0.39, 0.29) is 29.0 Å². The number of carboxylic acids is 2. The predicted octanol–water partition coefficient (Wildman–Crippen LogP) is 4.26. The van der Waals surface area contributed by atoms with Gasteiger partial charge in [0.25, 0.3) is 0 Å². The molecule has 0 spiro atoms. The molecule has 8 unspecified atom stereocenters. The normalized spacial score (nSPS) is 52.0. The lowest BCUT2D eigenvalue weighted by Gasteiger charge is -2.64. The van der Waals surface area contributed by atoms with Crippen molar-refractivity contribution < 1.29 is 24.5 Å². The van der Waals surface area contributed by atoms with Crippen molar-refractivity contribution in [2.24, 2.45) is 34.0 Å². The van der Waals surface area contributed by atoms with Crippen LogP contribution in [0.25, 0.3) is 0 Å². The zero-order valence-corrected chi connectivity index (χ0v) is 17.2. The molecule has 5 aliphatic rings. The first-order chi connectivity index (χ1) is 13.1. The summed E-state index contributed by atoms with van der Waals surface area (Å²) in [5.41, 5.74) is 1.99. The van der Waals surface area contributed by atoms with Crippen molar-refractivity contribution in [1.29, 1.82) is 0 Å². The summed E-state index contributed by atoms with van der Waals surface area (Å²) in [7, 11) is 0. The smallest absolute Gasteiger partial charge is 0.309 e. The molecule has 0 amide bonds. The maximum absolute atomic E-state index is 12.2. The van der Waals surface area contributed by atoms with Gasteiger partial charge in [0.2, 0.25) is 0 Å². The highest BCUT2D eigenvalue weighted by Gasteiger charge is 2.66. The van der Waals surface area contributed by atoms with Crippen LogP contribution in [0, 0.1) is 34.0 Å². The molecule has 0 aromatic rings. The van der Waals surface area contributed by atoms with Crippen LogP contribution in [0.4, 0.5) is 0 Å². The number of ether oxygens (including phenoxy) is 1. The fraction of sp³-hybridized carbons (Fsp3) is 0.826. The van der Waals surface area contributed by atoms with Gasteiger partial charge >= 0.3 is 11.9 Å². The Hall–Kier alpha value is -1.36. The number of carboxylic acid groups (broad SMARTS) is 2. The van der Waals surface area contributed by atoms with Crippen LogP contribution in [-0.4, -0.2) is 34.4 Å². The van der Waals surface area contributed by atoms with Crippen LogP contribution in [0.15, 0.2) is 11.1 Å². The Bertz CT molecular complexity index is 786. The van der Waals surface area contributed by atoms with Gasteiger partial charge in [-0.05, 0) is 85.7 Å². The molecule has 2 N–H and O–H groups in total. The van der Waals surface area contributed by atoms with E-state index in [1.165, 1.54) is 11.1 Å². The molecular formula is C23H32O5. The zero-order chi connectivity index (χ0) is 20.1. The molecule has 0 aromatic carbocycles. The molecule has 5 rings (SSSR count). The largest absolute Gasteiger partial charge is 0.481 e. The number of hydrogen-bond acceptors (Lipinski definition) is 3. The van der Waals surface area contributed by atoms with E-state index in [9.17, 15) is 19.8 Å². The van der Waals surface area contributed by atoms with Crippen molar-refractivity contribution in [1.82, 2.24) is 0 Å². The molecule has 5 nitrogen and oxygen atoms in total. The summed E-state index contributed by atoms with van der Waals surface area (Å²) in [6, 6.07) is 0. The maximum atomic E-state index is 12.2. The SMILES string of the molecule is CC1(C(=O)O)CCCC2(C)C1CCC1(C)C3=C(CCC12)C1CC(C(=O)O)C3O1. The van der Waals surface area contributed by atoms with Crippen LogP contribution in [0.3, 0.4) is 0 Å². The van der Waals surface area contributed by atoms with Crippen LogP contribution in [0.2, 0.25) is 0 Å². The van der Waals surface area contributed by atoms with E-state index in [0.717, 1.165) is 44.9 Å². The van der Waals surface area contributed by atoms with Crippen molar-refractivity contribution in [2.75, 3.05) is 0 Å². The third kappa shape index (κ3) is 2.07. The second-order valence-corrected chi connectivity index (χ2v) is 10.8. The molecule has 2 saturated carbocycles.